The van der Waals surface area contributed by atoms with Gasteiger partial charge in [0.1, 0.15) is 22.0 Å². The van der Waals surface area contributed by atoms with Gasteiger partial charge in [-0.2, -0.15) is 21.9 Å². The SMILES string of the molecule is O=C(NC(Cc1ccccc1)C(=O)O)c1ccc(C(F)(F)F)cc1NS(=O)(=O)c1cccc2nsnc12. The first kappa shape index (κ1) is 26.0. The van der Waals surface area contributed by atoms with E-state index in [4.69, 9.17) is 0 Å². The average Bonchev–Trinajstić information content (AvgIpc) is 3.32. The van der Waals surface area contributed by atoms with Crippen molar-refractivity contribution in [2.45, 2.75) is 23.5 Å². The molecule has 4 aromatic rings. The minimum absolute atomic E-state index is 0.00628. The highest BCUT2D eigenvalue weighted by molar-refractivity contribution is 7.93. The van der Waals surface area contributed by atoms with Gasteiger partial charge in [-0.25, -0.2) is 13.2 Å². The van der Waals surface area contributed by atoms with Crippen molar-refractivity contribution in [3.63, 3.8) is 0 Å². The molecular weight excluding hydrogens is 533 g/mol. The van der Waals surface area contributed by atoms with E-state index in [9.17, 15) is 36.3 Å². The smallest absolute Gasteiger partial charge is 0.416 e. The molecule has 0 bridgehead atoms. The molecule has 0 aliphatic heterocycles. The van der Waals surface area contributed by atoms with Crippen molar-refractivity contribution in [2.75, 3.05) is 4.72 Å². The number of sulfonamides is 1. The zero-order valence-electron chi connectivity index (χ0n) is 18.6. The van der Waals surface area contributed by atoms with Crippen LogP contribution in [-0.2, 0) is 27.4 Å². The highest BCUT2D eigenvalue weighted by Crippen LogP contribution is 2.33. The number of carboxylic acids is 1. The molecule has 1 atom stereocenters. The van der Waals surface area contributed by atoms with Crippen molar-refractivity contribution < 1.29 is 36.3 Å². The van der Waals surface area contributed by atoms with Crippen LogP contribution in [-0.4, -0.2) is 40.2 Å². The fourth-order valence-corrected chi connectivity index (χ4v) is 5.33. The largest absolute Gasteiger partial charge is 0.480 e. The van der Waals surface area contributed by atoms with Crippen LogP contribution < -0.4 is 10.0 Å². The first-order valence-corrected chi connectivity index (χ1v) is 12.7. The number of carboxylic acid groups (broad SMARTS) is 1. The van der Waals surface area contributed by atoms with E-state index in [-0.39, 0.29) is 22.3 Å². The number of nitrogens with zero attached hydrogens (tertiary/aromatic N) is 2. The Bertz CT molecular complexity index is 1570. The second-order valence-corrected chi connectivity index (χ2v) is 9.99. The summed E-state index contributed by atoms with van der Waals surface area (Å²) >= 11 is 0.753. The van der Waals surface area contributed by atoms with Crippen molar-refractivity contribution in [3.8, 4) is 0 Å². The van der Waals surface area contributed by atoms with Gasteiger partial charge in [-0.05, 0) is 35.9 Å². The van der Waals surface area contributed by atoms with Gasteiger partial charge in [0.05, 0.1) is 28.5 Å². The van der Waals surface area contributed by atoms with Crippen LogP contribution in [0.2, 0.25) is 0 Å². The molecule has 4 rings (SSSR count). The average molecular weight is 551 g/mol. The number of anilines is 1. The summed E-state index contributed by atoms with van der Waals surface area (Å²) in [5.41, 5.74) is -1.54. The normalized spacial score (nSPS) is 12.7. The molecule has 9 nitrogen and oxygen atoms in total. The van der Waals surface area contributed by atoms with Crippen LogP contribution in [0.4, 0.5) is 18.9 Å². The van der Waals surface area contributed by atoms with Gasteiger partial charge < -0.3 is 10.4 Å². The van der Waals surface area contributed by atoms with Crippen molar-refractivity contribution in [1.29, 1.82) is 0 Å². The lowest BCUT2D eigenvalue weighted by atomic mass is 10.0. The first-order valence-electron chi connectivity index (χ1n) is 10.5. The Morgan fingerprint density at radius 2 is 1.73 bits per heavy atom. The van der Waals surface area contributed by atoms with Gasteiger partial charge >= 0.3 is 12.1 Å². The summed E-state index contributed by atoms with van der Waals surface area (Å²) in [5, 5.41) is 11.8. The molecule has 14 heteroatoms. The molecule has 0 saturated heterocycles. The molecular formula is C23H17F3N4O5S2. The van der Waals surface area contributed by atoms with Crippen LogP contribution in [0.3, 0.4) is 0 Å². The summed E-state index contributed by atoms with van der Waals surface area (Å²) < 4.78 is 76.4. The number of nitrogens with one attached hydrogen (secondary N) is 2. The number of carbonyl (C=O) groups excluding carboxylic acids is 1. The maximum absolute atomic E-state index is 13.4. The molecule has 0 spiro atoms. The lowest BCUT2D eigenvalue weighted by Gasteiger charge is -2.18. The molecule has 1 aromatic heterocycles. The summed E-state index contributed by atoms with van der Waals surface area (Å²) in [7, 11) is -4.53. The van der Waals surface area contributed by atoms with Crippen molar-refractivity contribution in [1.82, 2.24) is 14.1 Å². The number of hydrogen-bond acceptors (Lipinski definition) is 7. The van der Waals surface area contributed by atoms with Gasteiger partial charge in [-0.3, -0.25) is 9.52 Å². The van der Waals surface area contributed by atoms with Gasteiger partial charge in [-0.1, -0.05) is 36.4 Å². The van der Waals surface area contributed by atoms with Crippen LogP contribution in [0, 0.1) is 0 Å². The summed E-state index contributed by atoms with van der Waals surface area (Å²) in [4.78, 5) is 24.4. The number of aliphatic carboxylic acids is 1. The highest BCUT2D eigenvalue weighted by atomic mass is 32.2. The first-order chi connectivity index (χ1) is 17.5. The molecule has 1 unspecified atom stereocenters. The monoisotopic (exact) mass is 550 g/mol. The van der Waals surface area contributed by atoms with E-state index in [1.165, 1.54) is 18.2 Å². The second kappa shape index (κ2) is 10.1. The quantitative estimate of drug-likeness (QED) is 0.302. The lowest BCUT2D eigenvalue weighted by molar-refractivity contribution is -0.139. The predicted octanol–water partition coefficient (Wildman–Crippen LogP) is 3.94. The molecule has 0 aliphatic carbocycles. The summed E-state index contributed by atoms with van der Waals surface area (Å²) in [6.45, 7) is 0. The van der Waals surface area contributed by atoms with Gasteiger partial charge in [0.25, 0.3) is 15.9 Å². The van der Waals surface area contributed by atoms with E-state index in [0.29, 0.717) is 17.7 Å². The van der Waals surface area contributed by atoms with Gasteiger partial charge in [0.2, 0.25) is 0 Å². The number of benzene rings is 3. The number of fused-ring (bicyclic) bond motifs is 1. The number of aromatic nitrogens is 2. The maximum Gasteiger partial charge on any atom is 0.416 e. The molecule has 1 heterocycles. The number of rotatable bonds is 8. The lowest BCUT2D eigenvalue weighted by Crippen LogP contribution is -2.42. The fraction of sp³-hybridized carbons (Fsp3) is 0.130. The molecule has 1 amide bonds. The van der Waals surface area contributed by atoms with E-state index in [1.807, 2.05) is 4.72 Å². The molecule has 0 saturated carbocycles. The molecule has 192 valence electrons. The van der Waals surface area contributed by atoms with Crippen LogP contribution in [0.5, 0.6) is 0 Å². The molecule has 0 radical (unpaired) electrons. The Labute approximate surface area is 212 Å². The van der Waals surface area contributed by atoms with E-state index in [0.717, 1.165) is 17.8 Å². The Hall–Kier alpha value is -4.04. The van der Waals surface area contributed by atoms with Crippen molar-refractivity contribution >= 4 is 50.3 Å². The van der Waals surface area contributed by atoms with Crippen molar-refractivity contribution in [3.05, 3.63) is 83.4 Å². The Kier molecular flexibility index (Phi) is 7.14. The summed E-state index contributed by atoms with van der Waals surface area (Å²) in [5.74, 6) is -2.46. The third-order valence-corrected chi connectivity index (χ3v) is 7.20. The van der Waals surface area contributed by atoms with Gasteiger partial charge in [0.15, 0.2) is 0 Å². The number of hydrogen-bond donors (Lipinski definition) is 3. The summed E-state index contributed by atoms with van der Waals surface area (Å²) in [6.07, 6.45) is -4.95. The minimum atomic E-state index is -4.84. The molecule has 37 heavy (non-hydrogen) atoms. The zero-order chi connectivity index (χ0) is 26.8. The molecule has 3 N–H and O–H groups in total. The van der Waals surface area contributed by atoms with Gasteiger partial charge in [0, 0.05) is 6.42 Å². The zero-order valence-corrected chi connectivity index (χ0v) is 20.2. The molecule has 3 aromatic carbocycles. The Morgan fingerprint density at radius 1 is 1.00 bits per heavy atom. The number of alkyl halides is 3. The summed E-state index contributed by atoms with van der Waals surface area (Å²) in [6, 6.07) is 12.9. The number of carbonyl (C=O) groups is 2. The topological polar surface area (TPSA) is 138 Å². The van der Waals surface area contributed by atoms with Crippen LogP contribution in [0.1, 0.15) is 21.5 Å². The van der Waals surface area contributed by atoms with Crippen LogP contribution >= 0.6 is 11.7 Å². The van der Waals surface area contributed by atoms with E-state index >= 15 is 0 Å². The van der Waals surface area contributed by atoms with Crippen molar-refractivity contribution in [2.24, 2.45) is 0 Å². The second-order valence-electron chi connectivity index (χ2n) is 7.81. The molecule has 0 fully saturated rings. The van der Waals surface area contributed by atoms with Crippen LogP contribution in [0.25, 0.3) is 11.0 Å². The molecule has 0 aliphatic rings. The van der Waals surface area contributed by atoms with E-state index in [1.54, 1.807) is 30.3 Å². The van der Waals surface area contributed by atoms with Gasteiger partial charge in [-0.15, -0.1) is 0 Å². The third-order valence-electron chi connectivity index (χ3n) is 5.26. The standard InChI is InChI=1S/C23H17F3N4O5S2/c24-23(25,26)14-9-10-15(21(31)27-18(22(32)33)11-13-5-2-1-3-6-13)17(12-14)30-37(34,35)19-8-4-7-16-20(19)29-36-28-16/h1-10,12,18,30H,11H2,(H,27,31)(H,32,33). The van der Waals surface area contributed by atoms with E-state index < -0.39 is 50.9 Å². The third kappa shape index (κ3) is 5.86. The predicted molar refractivity (Wildman–Crippen MR) is 129 cm³/mol. The maximum atomic E-state index is 13.4. The number of halogens is 3. The highest BCUT2D eigenvalue weighted by Gasteiger charge is 2.33. The Balaban J connectivity index is 1.71. The number of amides is 1. The van der Waals surface area contributed by atoms with Crippen LogP contribution in [0.15, 0.2) is 71.6 Å². The fourth-order valence-electron chi connectivity index (χ4n) is 3.49. The minimum Gasteiger partial charge on any atom is -0.480 e. The Morgan fingerprint density at radius 3 is 2.41 bits per heavy atom. The van der Waals surface area contributed by atoms with E-state index in [2.05, 4.69) is 14.1 Å².